The van der Waals surface area contributed by atoms with Crippen molar-refractivity contribution in [2.45, 2.75) is 78.3 Å². The molecule has 1 N–H and O–H groups in total. The third-order valence-electron chi connectivity index (χ3n) is 5.35. The Hall–Kier alpha value is -0.0800. The van der Waals surface area contributed by atoms with Crippen molar-refractivity contribution in [2.75, 3.05) is 19.6 Å². The zero-order chi connectivity index (χ0) is 13.9. The molecule has 2 aliphatic rings. The van der Waals surface area contributed by atoms with Crippen LogP contribution < -0.4 is 5.32 Å². The fourth-order valence-electron chi connectivity index (χ4n) is 3.50. The SMILES string of the molecule is CCN(CC1(CNC2CC2)CCC(C)CC1)C(C)C. The van der Waals surface area contributed by atoms with E-state index in [4.69, 9.17) is 0 Å². The first-order valence-electron chi connectivity index (χ1n) is 8.52. The monoisotopic (exact) mass is 266 g/mol. The van der Waals surface area contributed by atoms with Gasteiger partial charge in [0.1, 0.15) is 0 Å². The first-order valence-corrected chi connectivity index (χ1v) is 8.52. The smallest absolute Gasteiger partial charge is 0.00684 e. The molecule has 2 heteroatoms. The van der Waals surface area contributed by atoms with E-state index in [2.05, 4.69) is 37.9 Å². The van der Waals surface area contributed by atoms with Crippen LogP contribution in [-0.4, -0.2) is 36.6 Å². The molecule has 2 aliphatic carbocycles. The number of hydrogen-bond acceptors (Lipinski definition) is 2. The van der Waals surface area contributed by atoms with Crippen molar-refractivity contribution in [3.8, 4) is 0 Å². The number of nitrogens with one attached hydrogen (secondary N) is 1. The summed E-state index contributed by atoms with van der Waals surface area (Å²) in [5.74, 6) is 0.947. The van der Waals surface area contributed by atoms with Crippen LogP contribution in [0, 0.1) is 11.3 Å². The lowest BCUT2D eigenvalue weighted by Gasteiger charge is -2.44. The predicted molar refractivity (Wildman–Crippen MR) is 83.5 cm³/mol. The summed E-state index contributed by atoms with van der Waals surface area (Å²) in [7, 11) is 0. The van der Waals surface area contributed by atoms with Gasteiger partial charge in [0.2, 0.25) is 0 Å². The van der Waals surface area contributed by atoms with E-state index >= 15 is 0 Å². The normalized spacial score (nSPS) is 32.2. The highest BCUT2D eigenvalue weighted by molar-refractivity contribution is 4.92. The summed E-state index contributed by atoms with van der Waals surface area (Å²) in [5.41, 5.74) is 0.551. The van der Waals surface area contributed by atoms with Gasteiger partial charge in [0.05, 0.1) is 0 Å². The molecule has 0 spiro atoms. The molecule has 0 bridgehead atoms. The number of hydrogen-bond donors (Lipinski definition) is 1. The van der Waals surface area contributed by atoms with Crippen LogP contribution in [0.25, 0.3) is 0 Å². The molecular weight excluding hydrogens is 232 g/mol. The third-order valence-corrected chi connectivity index (χ3v) is 5.35. The standard InChI is InChI=1S/C17H34N2/c1-5-19(14(2)3)13-17(12-18-16-6-7-16)10-8-15(4)9-11-17/h14-16,18H,5-13H2,1-4H3. The highest BCUT2D eigenvalue weighted by Crippen LogP contribution is 2.40. The van der Waals surface area contributed by atoms with Crippen molar-refractivity contribution in [1.29, 1.82) is 0 Å². The van der Waals surface area contributed by atoms with Crippen molar-refractivity contribution in [2.24, 2.45) is 11.3 Å². The van der Waals surface area contributed by atoms with Crippen LogP contribution in [0.15, 0.2) is 0 Å². The van der Waals surface area contributed by atoms with Gasteiger partial charge >= 0.3 is 0 Å². The molecule has 0 aliphatic heterocycles. The molecule has 2 nitrogen and oxygen atoms in total. The molecule has 0 radical (unpaired) electrons. The largest absolute Gasteiger partial charge is 0.313 e. The Bertz CT molecular complexity index is 262. The van der Waals surface area contributed by atoms with Gasteiger partial charge in [-0.1, -0.05) is 26.7 Å². The lowest BCUT2D eigenvalue weighted by Crippen LogP contribution is -2.48. The van der Waals surface area contributed by atoms with Crippen molar-refractivity contribution >= 4 is 0 Å². The summed E-state index contributed by atoms with van der Waals surface area (Å²) < 4.78 is 0. The fraction of sp³-hybridized carbons (Fsp3) is 1.00. The summed E-state index contributed by atoms with van der Waals surface area (Å²) in [6, 6.07) is 1.53. The minimum atomic E-state index is 0.551. The molecule has 19 heavy (non-hydrogen) atoms. The van der Waals surface area contributed by atoms with Crippen LogP contribution in [0.5, 0.6) is 0 Å². The van der Waals surface area contributed by atoms with Gasteiger partial charge in [-0.2, -0.15) is 0 Å². The van der Waals surface area contributed by atoms with Crippen LogP contribution in [-0.2, 0) is 0 Å². The van der Waals surface area contributed by atoms with Gasteiger partial charge in [-0.05, 0) is 57.4 Å². The molecule has 0 aromatic heterocycles. The lowest BCUT2D eigenvalue weighted by molar-refractivity contribution is 0.0733. The van der Waals surface area contributed by atoms with E-state index < -0.39 is 0 Å². The van der Waals surface area contributed by atoms with E-state index in [1.54, 1.807) is 0 Å². The molecular formula is C17H34N2. The second-order valence-corrected chi connectivity index (χ2v) is 7.49. The second kappa shape index (κ2) is 6.58. The van der Waals surface area contributed by atoms with E-state index in [0.29, 0.717) is 11.5 Å². The van der Waals surface area contributed by atoms with Crippen molar-refractivity contribution in [1.82, 2.24) is 10.2 Å². The molecule has 0 aromatic carbocycles. The van der Waals surface area contributed by atoms with E-state index in [1.165, 1.54) is 58.2 Å². The average molecular weight is 266 g/mol. The maximum absolute atomic E-state index is 3.82. The summed E-state index contributed by atoms with van der Waals surface area (Å²) in [6.07, 6.45) is 8.54. The van der Waals surface area contributed by atoms with E-state index in [1.807, 2.05) is 0 Å². The van der Waals surface area contributed by atoms with Crippen molar-refractivity contribution < 1.29 is 0 Å². The van der Waals surface area contributed by atoms with Gasteiger partial charge in [0.25, 0.3) is 0 Å². The summed E-state index contributed by atoms with van der Waals surface area (Å²) in [5, 5.41) is 3.82. The fourth-order valence-corrected chi connectivity index (χ4v) is 3.50. The van der Waals surface area contributed by atoms with Gasteiger partial charge in [0, 0.05) is 25.2 Å². The molecule has 0 aromatic rings. The first-order chi connectivity index (χ1) is 9.04. The Balaban J connectivity index is 1.95. The Morgan fingerprint density at radius 3 is 2.26 bits per heavy atom. The zero-order valence-electron chi connectivity index (χ0n) is 13.5. The molecule has 0 unspecified atom stereocenters. The van der Waals surface area contributed by atoms with Gasteiger partial charge in [-0.25, -0.2) is 0 Å². The molecule has 112 valence electrons. The van der Waals surface area contributed by atoms with Gasteiger partial charge in [-0.15, -0.1) is 0 Å². The van der Waals surface area contributed by atoms with Crippen LogP contribution in [0.2, 0.25) is 0 Å². The van der Waals surface area contributed by atoms with Crippen LogP contribution in [0.1, 0.15) is 66.2 Å². The van der Waals surface area contributed by atoms with Crippen LogP contribution in [0.4, 0.5) is 0 Å². The topological polar surface area (TPSA) is 15.3 Å². The van der Waals surface area contributed by atoms with Crippen LogP contribution >= 0.6 is 0 Å². The number of rotatable bonds is 7. The molecule has 0 amide bonds. The predicted octanol–water partition coefficient (Wildman–Crippen LogP) is 3.67. The van der Waals surface area contributed by atoms with Gasteiger partial charge in [0.15, 0.2) is 0 Å². The minimum absolute atomic E-state index is 0.551. The minimum Gasteiger partial charge on any atom is -0.313 e. The summed E-state index contributed by atoms with van der Waals surface area (Å²) in [4.78, 5) is 2.67. The summed E-state index contributed by atoms with van der Waals surface area (Å²) >= 11 is 0. The summed E-state index contributed by atoms with van der Waals surface area (Å²) in [6.45, 7) is 13.2. The Morgan fingerprint density at radius 2 is 1.79 bits per heavy atom. The molecule has 2 fully saturated rings. The van der Waals surface area contributed by atoms with Crippen molar-refractivity contribution in [3.63, 3.8) is 0 Å². The molecule has 0 saturated heterocycles. The molecule has 2 saturated carbocycles. The quantitative estimate of drug-likeness (QED) is 0.756. The highest BCUT2D eigenvalue weighted by atomic mass is 15.2. The molecule has 0 atom stereocenters. The van der Waals surface area contributed by atoms with Gasteiger partial charge in [-0.3, -0.25) is 0 Å². The highest BCUT2D eigenvalue weighted by Gasteiger charge is 2.37. The van der Waals surface area contributed by atoms with Gasteiger partial charge < -0.3 is 10.2 Å². The van der Waals surface area contributed by atoms with Crippen LogP contribution in [0.3, 0.4) is 0 Å². The maximum Gasteiger partial charge on any atom is 0.00684 e. The average Bonchev–Trinajstić information content (AvgIpc) is 3.21. The molecule has 0 heterocycles. The first kappa shape index (κ1) is 15.3. The third kappa shape index (κ3) is 4.46. The number of nitrogens with zero attached hydrogens (tertiary/aromatic N) is 1. The lowest BCUT2D eigenvalue weighted by atomic mass is 9.70. The van der Waals surface area contributed by atoms with E-state index in [9.17, 15) is 0 Å². The Kier molecular flexibility index (Phi) is 5.30. The Morgan fingerprint density at radius 1 is 1.16 bits per heavy atom. The Labute approximate surface area is 120 Å². The van der Waals surface area contributed by atoms with Crippen molar-refractivity contribution in [3.05, 3.63) is 0 Å². The second-order valence-electron chi connectivity index (χ2n) is 7.49. The van der Waals surface area contributed by atoms with E-state index in [-0.39, 0.29) is 0 Å². The van der Waals surface area contributed by atoms with E-state index in [0.717, 1.165) is 12.0 Å². The zero-order valence-corrected chi connectivity index (χ0v) is 13.5. The maximum atomic E-state index is 3.82. The molecule has 2 rings (SSSR count).